The molecule has 1 aliphatic heterocycles. The Morgan fingerprint density at radius 2 is 2.00 bits per heavy atom. The molecule has 0 aliphatic carbocycles. The van der Waals surface area contributed by atoms with Crippen molar-refractivity contribution in [2.24, 2.45) is 0 Å². The minimum atomic E-state index is -0.0951. The van der Waals surface area contributed by atoms with Gasteiger partial charge in [0.1, 0.15) is 5.76 Å². The first kappa shape index (κ1) is 22.7. The van der Waals surface area contributed by atoms with Crippen LogP contribution in [0.5, 0.6) is 0 Å². The van der Waals surface area contributed by atoms with Crippen molar-refractivity contribution in [3.05, 3.63) is 65.3 Å². The molecule has 9 nitrogen and oxygen atoms in total. The van der Waals surface area contributed by atoms with Crippen LogP contribution in [0.2, 0.25) is 0 Å². The summed E-state index contributed by atoms with van der Waals surface area (Å²) in [7, 11) is 0. The number of amides is 2. The molecule has 0 unspecified atom stereocenters. The number of hydrogen-bond donors (Lipinski definition) is 1. The van der Waals surface area contributed by atoms with E-state index in [1.165, 1.54) is 0 Å². The van der Waals surface area contributed by atoms with E-state index >= 15 is 0 Å². The number of imidazole rings is 1. The van der Waals surface area contributed by atoms with Gasteiger partial charge >= 0.3 is 0 Å². The van der Waals surface area contributed by atoms with Crippen molar-refractivity contribution in [2.75, 3.05) is 19.6 Å². The van der Waals surface area contributed by atoms with Gasteiger partial charge in [-0.1, -0.05) is 5.16 Å². The first-order valence-corrected chi connectivity index (χ1v) is 11.4. The van der Waals surface area contributed by atoms with Gasteiger partial charge in [-0.2, -0.15) is 0 Å². The zero-order valence-corrected chi connectivity index (χ0v) is 19.2. The van der Waals surface area contributed by atoms with Crippen molar-refractivity contribution >= 4 is 11.8 Å². The molecule has 0 atom stereocenters. The van der Waals surface area contributed by atoms with E-state index in [2.05, 4.69) is 15.5 Å². The monoisotopic (exact) mass is 450 g/mol. The van der Waals surface area contributed by atoms with Crippen molar-refractivity contribution in [3.63, 3.8) is 0 Å². The topological polar surface area (TPSA) is 106 Å². The molecule has 33 heavy (non-hydrogen) atoms. The summed E-state index contributed by atoms with van der Waals surface area (Å²) in [5.74, 6) is 0.681. The smallest absolute Gasteiger partial charge is 0.253 e. The van der Waals surface area contributed by atoms with Gasteiger partial charge in [-0.15, -0.1) is 0 Å². The van der Waals surface area contributed by atoms with Crippen LogP contribution in [-0.2, 0) is 17.8 Å². The van der Waals surface area contributed by atoms with Gasteiger partial charge in [0.15, 0.2) is 0 Å². The Morgan fingerprint density at radius 1 is 1.18 bits per heavy atom. The van der Waals surface area contributed by atoms with E-state index in [0.717, 1.165) is 42.9 Å². The van der Waals surface area contributed by atoms with Crippen LogP contribution >= 0.6 is 0 Å². The SMILES string of the molecule is Cc1cc(CC(=O)N2CCC(c3nc(C)ccc3C(=O)NCCCn3ccnc3)CC2)on1. The summed E-state index contributed by atoms with van der Waals surface area (Å²) >= 11 is 0. The third-order valence-electron chi connectivity index (χ3n) is 5.98. The highest BCUT2D eigenvalue weighted by atomic mass is 16.5. The number of carbonyl (C=O) groups excluding carboxylic acids is 2. The largest absolute Gasteiger partial charge is 0.361 e. The highest BCUT2D eigenvalue weighted by molar-refractivity contribution is 5.95. The minimum absolute atomic E-state index is 0.0395. The van der Waals surface area contributed by atoms with Crippen LogP contribution in [-0.4, -0.2) is 56.0 Å². The Bertz CT molecular complexity index is 1080. The molecule has 1 saturated heterocycles. The number of aryl methyl sites for hydroxylation is 3. The number of aromatic nitrogens is 4. The second-order valence-electron chi connectivity index (χ2n) is 8.56. The van der Waals surface area contributed by atoms with E-state index in [9.17, 15) is 9.59 Å². The number of carbonyl (C=O) groups is 2. The number of nitrogens with zero attached hydrogens (tertiary/aromatic N) is 5. The van der Waals surface area contributed by atoms with Gasteiger partial charge in [-0.05, 0) is 45.2 Å². The van der Waals surface area contributed by atoms with Crippen LogP contribution in [0.25, 0.3) is 0 Å². The van der Waals surface area contributed by atoms with Crippen LogP contribution < -0.4 is 5.32 Å². The number of pyridine rings is 1. The van der Waals surface area contributed by atoms with Crippen molar-refractivity contribution in [3.8, 4) is 0 Å². The second-order valence-corrected chi connectivity index (χ2v) is 8.56. The number of nitrogens with one attached hydrogen (secondary N) is 1. The van der Waals surface area contributed by atoms with E-state index in [1.807, 2.05) is 41.6 Å². The highest BCUT2D eigenvalue weighted by Crippen LogP contribution is 2.29. The molecule has 0 radical (unpaired) electrons. The summed E-state index contributed by atoms with van der Waals surface area (Å²) in [5, 5.41) is 6.87. The molecule has 0 saturated carbocycles. The average molecular weight is 451 g/mol. The van der Waals surface area contributed by atoms with E-state index in [-0.39, 0.29) is 24.2 Å². The summed E-state index contributed by atoms with van der Waals surface area (Å²) in [4.78, 5) is 36.2. The molecule has 2 amide bonds. The van der Waals surface area contributed by atoms with Crippen LogP contribution in [0.15, 0.2) is 41.4 Å². The Kier molecular flexibility index (Phi) is 7.16. The molecule has 0 spiro atoms. The molecular formula is C24H30N6O3. The fraction of sp³-hybridized carbons (Fsp3) is 0.458. The molecule has 3 aromatic rings. The molecular weight excluding hydrogens is 420 g/mol. The lowest BCUT2D eigenvalue weighted by Gasteiger charge is -2.32. The molecule has 9 heteroatoms. The maximum atomic E-state index is 12.9. The van der Waals surface area contributed by atoms with Gasteiger partial charge in [0.2, 0.25) is 5.91 Å². The van der Waals surface area contributed by atoms with Crippen LogP contribution in [0.1, 0.15) is 58.4 Å². The van der Waals surface area contributed by atoms with Crippen molar-refractivity contribution in [1.82, 2.24) is 29.9 Å². The zero-order valence-electron chi connectivity index (χ0n) is 19.2. The maximum Gasteiger partial charge on any atom is 0.253 e. The summed E-state index contributed by atoms with van der Waals surface area (Å²) in [6, 6.07) is 5.54. The Morgan fingerprint density at radius 3 is 2.70 bits per heavy atom. The molecule has 1 aliphatic rings. The Hall–Kier alpha value is -3.49. The van der Waals surface area contributed by atoms with Gasteiger partial charge < -0.3 is 19.3 Å². The third-order valence-corrected chi connectivity index (χ3v) is 5.98. The average Bonchev–Trinajstić information content (AvgIpc) is 3.48. The quantitative estimate of drug-likeness (QED) is 0.529. The lowest BCUT2D eigenvalue weighted by molar-refractivity contribution is -0.131. The van der Waals surface area contributed by atoms with Crippen LogP contribution in [0, 0.1) is 13.8 Å². The molecule has 1 N–H and O–H groups in total. The Balaban J connectivity index is 1.33. The molecule has 4 heterocycles. The van der Waals surface area contributed by atoms with E-state index < -0.39 is 0 Å². The van der Waals surface area contributed by atoms with Gasteiger partial charge in [0.05, 0.1) is 29.7 Å². The van der Waals surface area contributed by atoms with Crippen molar-refractivity contribution < 1.29 is 14.1 Å². The number of likely N-dealkylation sites (tertiary alicyclic amines) is 1. The van der Waals surface area contributed by atoms with E-state index in [0.29, 0.717) is 31.0 Å². The van der Waals surface area contributed by atoms with E-state index in [4.69, 9.17) is 9.51 Å². The minimum Gasteiger partial charge on any atom is -0.361 e. The molecule has 0 aromatic carbocycles. The maximum absolute atomic E-state index is 12.9. The number of piperidine rings is 1. The van der Waals surface area contributed by atoms with Gasteiger partial charge in [0.25, 0.3) is 5.91 Å². The first-order chi connectivity index (χ1) is 16.0. The zero-order chi connectivity index (χ0) is 23.2. The second kappa shape index (κ2) is 10.4. The highest BCUT2D eigenvalue weighted by Gasteiger charge is 2.28. The summed E-state index contributed by atoms with van der Waals surface area (Å²) in [5.41, 5.74) is 3.13. The summed E-state index contributed by atoms with van der Waals surface area (Å²) in [6.45, 7) is 6.44. The number of rotatable bonds is 8. The standard InChI is InChI=1S/C24H30N6O3/c1-17-4-5-21(24(32)26-8-3-10-29-13-9-25-16-29)23(27-17)19-6-11-30(12-7-19)22(31)15-20-14-18(2)28-33-20/h4-5,9,13-14,16,19H,3,6-8,10-12,15H2,1-2H3,(H,26,32). The fourth-order valence-corrected chi connectivity index (χ4v) is 4.22. The van der Waals surface area contributed by atoms with Crippen LogP contribution in [0.3, 0.4) is 0 Å². The fourth-order valence-electron chi connectivity index (χ4n) is 4.22. The summed E-state index contributed by atoms with van der Waals surface area (Å²) in [6.07, 6.45) is 8.03. The van der Waals surface area contributed by atoms with Crippen molar-refractivity contribution in [2.45, 2.75) is 52.0 Å². The van der Waals surface area contributed by atoms with E-state index in [1.54, 1.807) is 18.6 Å². The van der Waals surface area contributed by atoms with Gasteiger partial charge in [-0.25, -0.2) is 4.98 Å². The van der Waals surface area contributed by atoms with Crippen molar-refractivity contribution in [1.29, 1.82) is 0 Å². The molecule has 0 bridgehead atoms. The normalized spacial score (nSPS) is 14.4. The predicted octanol–water partition coefficient (Wildman–Crippen LogP) is 2.65. The lowest BCUT2D eigenvalue weighted by Crippen LogP contribution is -2.39. The van der Waals surface area contributed by atoms with Gasteiger partial charge in [0, 0.05) is 56.3 Å². The lowest BCUT2D eigenvalue weighted by atomic mass is 9.89. The molecule has 1 fully saturated rings. The number of hydrogen-bond acceptors (Lipinski definition) is 6. The summed E-state index contributed by atoms with van der Waals surface area (Å²) < 4.78 is 7.17. The first-order valence-electron chi connectivity index (χ1n) is 11.4. The Labute approximate surface area is 193 Å². The molecule has 174 valence electrons. The predicted molar refractivity (Wildman–Crippen MR) is 122 cm³/mol. The van der Waals surface area contributed by atoms with Crippen LogP contribution in [0.4, 0.5) is 0 Å². The third kappa shape index (κ3) is 5.85. The molecule has 3 aromatic heterocycles. The van der Waals surface area contributed by atoms with Gasteiger partial charge in [-0.3, -0.25) is 14.6 Å². The molecule has 4 rings (SSSR count).